The van der Waals surface area contributed by atoms with Crippen molar-refractivity contribution >= 4 is 39.5 Å². The van der Waals surface area contributed by atoms with Gasteiger partial charge in [0, 0.05) is 0 Å². The fourth-order valence-electron chi connectivity index (χ4n) is 3.65. The van der Waals surface area contributed by atoms with Gasteiger partial charge in [-0.25, -0.2) is 0 Å². The Morgan fingerprint density at radius 1 is 1.03 bits per heavy atom. The molecule has 2 aromatic carbocycles. The number of amides is 1. The second kappa shape index (κ2) is 8.61. The number of aromatic nitrogens is 2. The van der Waals surface area contributed by atoms with E-state index in [0.717, 1.165) is 0 Å². The zero-order valence-corrected chi connectivity index (χ0v) is 19.0. The number of benzene rings is 2. The summed E-state index contributed by atoms with van der Waals surface area (Å²) in [5, 5.41) is 21.6. The Hall–Kier alpha value is -3.82. The van der Waals surface area contributed by atoms with Crippen LogP contribution in [0.4, 0.5) is 5.13 Å². The van der Waals surface area contributed by atoms with Crippen molar-refractivity contribution in [2.75, 3.05) is 4.90 Å². The van der Waals surface area contributed by atoms with Crippen LogP contribution >= 0.6 is 22.7 Å². The quantitative estimate of drug-likeness (QED) is 0.371. The van der Waals surface area contributed by atoms with E-state index in [1.54, 1.807) is 48.7 Å². The van der Waals surface area contributed by atoms with Gasteiger partial charge >= 0.3 is 0 Å². The van der Waals surface area contributed by atoms with Gasteiger partial charge in [0.2, 0.25) is 10.9 Å². The molecular weight excluding hydrogens is 458 g/mol. The fourth-order valence-corrected chi connectivity index (χ4v) is 5.04. The van der Waals surface area contributed by atoms with Gasteiger partial charge in [-0.1, -0.05) is 47.7 Å². The van der Waals surface area contributed by atoms with Crippen LogP contribution in [0, 0.1) is 6.92 Å². The molecule has 5 rings (SSSR count). The standard InChI is InChI=1S/C24H17N3O4S2/c1-14-25-26-24(33-14)27-20(19(22(29)23(27)30)21(28)18-11-6-12-32-18)15-7-5-10-17(13-15)31-16-8-3-2-4-9-16/h2-13,20,29H,1H3. The Labute approximate surface area is 197 Å². The van der Waals surface area contributed by atoms with Crippen molar-refractivity contribution < 1.29 is 19.4 Å². The number of rotatable bonds is 6. The normalized spacial score (nSPS) is 15.8. The number of anilines is 1. The van der Waals surface area contributed by atoms with E-state index in [1.807, 2.05) is 30.3 Å². The monoisotopic (exact) mass is 475 g/mol. The van der Waals surface area contributed by atoms with Crippen LogP contribution in [-0.2, 0) is 4.79 Å². The molecule has 3 heterocycles. The number of ether oxygens (including phenoxy) is 1. The topological polar surface area (TPSA) is 92.6 Å². The third-order valence-corrected chi connectivity index (χ3v) is 6.78. The van der Waals surface area contributed by atoms with Gasteiger partial charge in [-0.15, -0.1) is 21.5 Å². The van der Waals surface area contributed by atoms with Crippen molar-refractivity contribution in [1.29, 1.82) is 0 Å². The van der Waals surface area contributed by atoms with Crippen molar-refractivity contribution in [1.82, 2.24) is 10.2 Å². The summed E-state index contributed by atoms with van der Waals surface area (Å²) < 4.78 is 5.96. The summed E-state index contributed by atoms with van der Waals surface area (Å²) in [7, 11) is 0. The van der Waals surface area contributed by atoms with E-state index in [1.165, 1.54) is 27.6 Å². The van der Waals surface area contributed by atoms with Gasteiger partial charge in [-0.05, 0) is 48.2 Å². The molecule has 164 valence electrons. The number of aryl methyl sites for hydroxylation is 1. The summed E-state index contributed by atoms with van der Waals surface area (Å²) >= 11 is 2.46. The molecule has 0 saturated heterocycles. The minimum absolute atomic E-state index is 0.00663. The number of thiophene rings is 1. The van der Waals surface area contributed by atoms with Crippen LogP contribution in [0.5, 0.6) is 11.5 Å². The SMILES string of the molecule is Cc1nnc(N2C(=O)C(O)=C(C(=O)c3cccs3)C2c2cccc(Oc3ccccc3)c2)s1. The lowest BCUT2D eigenvalue weighted by Crippen LogP contribution is -2.31. The molecule has 0 spiro atoms. The van der Waals surface area contributed by atoms with Crippen molar-refractivity contribution in [2.45, 2.75) is 13.0 Å². The smallest absolute Gasteiger partial charge is 0.296 e. The Balaban J connectivity index is 1.61. The first-order valence-electron chi connectivity index (χ1n) is 10.0. The number of para-hydroxylation sites is 1. The highest BCUT2D eigenvalue weighted by Gasteiger charge is 2.46. The number of nitrogens with zero attached hydrogens (tertiary/aromatic N) is 3. The van der Waals surface area contributed by atoms with Crippen molar-refractivity contribution in [3.63, 3.8) is 0 Å². The summed E-state index contributed by atoms with van der Waals surface area (Å²) in [5.74, 6) is -0.485. The molecule has 1 amide bonds. The molecule has 33 heavy (non-hydrogen) atoms. The Morgan fingerprint density at radius 2 is 1.82 bits per heavy atom. The number of Topliss-reactive ketones (excluding diaryl/α,β-unsaturated/α-hetero) is 1. The molecule has 0 fully saturated rings. The van der Waals surface area contributed by atoms with Crippen LogP contribution in [-0.4, -0.2) is 27.0 Å². The maximum absolute atomic E-state index is 13.4. The van der Waals surface area contributed by atoms with E-state index in [9.17, 15) is 14.7 Å². The minimum atomic E-state index is -0.876. The van der Waals surface area contributed by atoms with Gasteiger partial charge in [0.05, 0.1) is 16.5 Å². The molecule has 2 aromatic heterocycles. The van der Waals surface area contributed by atoms with Gasteiger partial charge in [0.1, 0.15) is 16.5 Å². The molecular formula is C24H17N3O4S2. The molecule has 1 unspecified atom stereocenters. The van der Waals surface area contributed by atoms with Gasteiger partial charge < -0.3 is 9.84 Å². The summed E-state index contributed by atoms with van der Waals surface area (Å²) in [6.07, 6.45) is 0. The molecule has 9 heteroatoms. The van der Waals surface area contributed by atoms with E-state index in [0.29, 0.717) is 32.1 Å². The molecule has 1 aliphatic heterocycles. The second-order valence-electron chi connectivity index (χ2n) is 7.24. The summed E-state index contributed by atoms with van der Waals surface area (Å²) in [5.41, 5.74) is 0.612. The Bertz CT molecular complexity index is 1360. The van der Waals surface area contributed by atoms with Crippen LogP contribution in [0.25, 0.3) is 0 Å². The van der Waals surface area contributed by atoms with Gasteiger partial charge in [0.15, 0.2) is 5.76 Å². The number of ketones is 1. The predicted molar refractivity (Wildman–Crippen MR) is 126 cm³/mol. The van der Waals surface area contributed by atoms with Crippen molar-refractivity contribution in [3.8, 4) is 11.5 Å². The highest BCUT2D eigenvalue weighted by molar-refractivity contribution is 7.15. The molecule has 4 aromatic rings. The second-order valence-corrected chi connectivity index (χ2v) is 9.35. The molecule has 1 aliphatic rings. The summed E-state index contributed by atoms with van der Waals surface area (Å²) in [4.78, 5) is 28.2. The average molecular weight is 476 g/mol. The molecule has 1 atom stereocenters. The fraction of sp³-hybridized carbons (Fsp3) is 0.0833. The number of aliphatic hydroxyl groups is 1. The van der Waals surface area contributed by atoms with Gasteiger partial charge in [0.25, 0.3) is 5.91 Å². The highest BCUT2D eigenvalue weighted by atomic mass is 32.1. The maximum Gasteiger partial charge on any atom is 0.296 e. The molecule has 0 bridgehead atoms. The third kappa shape index (κ3) is 3.92. The number of hydrogen-bond acceptors (Lipinski definition) is 8. The number of aliphatic hydroxyl groups excluding tert-OH is 1. The number of carbonyl (C=O) groups is 2. The van der Waals surface area contributed by atoms with Gasteiger partial charge in [-0.2, -0.15) is 0 Å². The average Bonchev–Trinajstić information content (AvgIpc) is 3.55. The molecule has 0 radical (unpaired) electrons. The first kappa shape index (κ1) is 21.0. The van der Waals surface area contributed by atoms with Crippen LogP contribution in [0.1, 0.15) is 26.3 Å². The predicted octanol–water partition coefficient (Wildman–Crippen LogP) is 5.48. The lowest BCUT2D eigenvalue weighted by molar-refractivity contribution is -0.117. The lowest BCUT2D eigenvalue weighted by atomic mass is 9.95. The highest BCUT2D eigenvalue weighted by Crippen LogP contribution is 2.43. The molecule has 0 aliphatic carbocycles. The third-order valence-electron chi connectivity index (χ3n) is 5.07. The molecule has 7 nitrogen and oxygen atoms in total. The zero-order valence-electron chi connectivity index (χ0n) is 17.3. The Kier molecular flexibility index (Phi) is 5.49. The first-order chi connectivity index (χ1) is 16.0. The van der Waals surface area contributed by atoms with Crippen molar-refractivity contribution in [3.05, 3.63) is 98.9 Å². The van der Waals surface area contributed by atoms with E-state index < -0.39 is 23.5 Å². The van der Waals surface area contributed by atoms with E-state index in [-0.39, 0.29) is 5.57 Å². The number of carbonyl (C=O) groups excluding carboxylic acids is 2. The molecule has 0 saturated carbocycles. The van der Waals surface area contributed by atoms with Crippen LogP contribution < -0.4 is 9.64 Å². The first-order valence-corrected chi connectivity index (χ1v) is 11.7. The van der Waals surface area contributed by atoms with Gasteiger partial charge in [-0.3, -0.25) is 14.5 Å². The van der Waals surface area contributed by atoms with Crippen LogP contribution in [0.3, 0.4) is 0 Å². The minimum Gasteiger partial charge on any atom is -0.503 e. The van der Waals surface area contributed by atoms with E-state index in [4.69, 9.17) is 4.74 Å². The lowest BCUT2D eigenvalue weighted by Gasteiger charge is -2.24. The van der Waals surface area contributed by atoms with Crippen molar-refractivity contribution in [2.24, 2.45) is 0 Å². The Morgan fingerprint density at radius 3 is 2.52 bits per heavy atom. The summed E-state index contributed by atoms with van der Waals surface area (Å²) in [6.45, 7) is 1.77. The van der Waals surface area contributed by atoms with E-state index >= 15 is 0 Å². The van der Waals surface area contributed by atoms with Crippen LogP contribution in [0.2, 0.25) is 0 Å². The largest absolute Gasteiger partial charge is 0.503 e. The maximum atomic E-state index is 13.4. The van der Waals surface area contributed by atoms with Crippen LogP contribution in [0.15, 0.2) is 83.4 Å². The zero-order chi connectivity index (χ0) is 22.9. The number of hydrogen-bond donors (Lipinski definition) is 1. The van der Waals surface area contributed by atoms with E-state index in [2.05, 4.69) is 10.2 Å². The summed E-state index contributed by atoms with van der Waals surface area (Å²) in [6, 6.07) is 19.0. The molecule has 1 N–H and O–H groups in total.